The van der Waals surface area contributed by atoms with Crippen molar-refractivity contribution in [2.24, 2.45) is 9.98 Å². The molecule has 0 atom stereocenters. The lowest BCUT2D eigenvalue weighted by molar-refractivity contribution is 0.281. The lowest BCUT2D eigenvalue weighted by Gasteiger charge is -2.14. The van der Waals surface area contributed by atoms with Crippen LogP contribution in [0.25, 0.3) is 11.1 Å². The number of aliphatic imine (C=N–C) groups is 2. The van der Waals surface area contributed by atoms with Gasteiger partial charge >= 0.3 is 0 Å². The maximum atomic E-state index is 10.4. The summed E-state index contributed by atoms with van der Waals surface area (Å²) >= 11 is 1.63. The van der Waals surface area contributed by atoms with Crippen LogP contribution in [0.5, 0.6) is 5.75 Å². The molecule has 0 aliphatic heterocycles. The van der Waals surface area contributed by atoms with E-state index in [-0.39, 0.29) is 6.61 Å². The number of methoxy groups -OCH3 is 1. The first kappa shape index (κ1) is 31.3. The minimum absolute atomic E-state index is 0.109. The number of nitrogens with zero attached hydrogens (tertiary/aromatic N) is 2. The normalized spacial score (nSPS) is 10.3. The van der Waals surface area contributed by atoms with Crippen molar-refractivity contribution in [3.05, 3.63) is 186 Å². The highest BCUT2D eigenvalue weighted by molar-refractivity contribution is 7.99. The van der Waals surface area contributed by atoms with Gasteiger partial charge in [0.2, 0.25) is 0 Å². The van der Waals surface area contributed by atoms with Gasteiger partial charge in [0.25, 0.3) is 0 Å². The van der Waals surface area contributed by atoms with Crippen molar-refractivity contribution in [2.75, 3.05) is 7.11 Å². The van der Waals surface area contributed by atoms with Crippen molar-refractivity contribution in [3.63, 3.8) is 0 Å². The minimum Gasteiger partial charge on any atom is -0.496 e. The van der Waals surface area contributed by atoms with Crippen LogP contribution in [0.3, 0.4) is 0 Å². The van der Waals surface area contributed by atoms with Crippen LogP contribution < -0.4 is 4.74 Å². The fourth-order valence-corrected chi connectivity index (χ4v) is 5.99. The van der Waals surface area contributed by atoms with Crippen LogP contribution in [-0.2, 0) is 6.61 Å². The predicted octanol–water partition coefficient (Wildman–Crippen LogP) is 10.2. The molecule has 0 bridgehead atoms. The van der Waals surface area contributed by atoms with Crippen LogP contribution in [-0.4, -0.2) is 24.0 Å². The molecule has 0 spiro atoms. The molecule has 1 N–H and O–H groups in total. The molecule has 6 rings (SSSR count). The molecule has 0 radical (unpaired) electrons. The second-order valence-corrected chi connectivity index (χ2v) is 11.7. The Morgan fingerprint density at radius 2 is 1.02 bits per heavy atom. The first-order chi connectivity index (χ1) is 23.2. The molecule has 0 aliphatic carbocycles. The average molecular weight is 629 g/mol. The Morgan fingerprint density at radius 3 is 1.51 bits per heavy atom. The van der Waals surface area contributed by atoms with E-state index in [0.29, 0.717) is 0 Å². The van der Waals surface area contributed by atoms with Gasteiger partial charge in [-0.2, -0.15) is 0 Å². The molecule has 0 fully saturated rings. The highest BCUT2D eigenvalue weighted by atomic mass is 32.2. The molecule has 0 aliphatic rings. The highest BCUT2D eigenvalue weighted by Gasteiger charge is 2.15. The van der Waals surface area contributed by atoms with E-state index >= 15 is 0 Å². The number of hydrogen-bond acceptors (Lipinski definition) is 5. The molecule has 0 amide bonds. The second kappa shape index (κ2) is 15.6. The SMILES string of the molecule is COc1ccc(Sc2ccc(CO)c(C(=C=Nc3ccccc3)c3ccccc3)c2)cc1C(=C=Nc1ccccc1)c1ccccc1. The minimum atomic E-state index is -0.109. The number of ether oxygens (including phenoxy) is 1. The van der Waals surface area contributed by atoms with E-state index < -0.39 is 0 Å². The number of aliphatic hydroxyl groups is 1. The Morgan fingerprint density at radius 1 is 0.574 bits per heavy atom. The summed E-state index contributed by atoms with van der Waals surface area (Å²) in [6.07, 6.45) is 0. The quantitative estimate of drug-likeness (QED) is 0.154. The molecule has 228 valence electrons. The van der Waals surface area contributed by atoms with Crippen molar-refractivity contribution in [3.8, 4) is 5.75 Å². The van der Waals surface area contributed by atoms with Crippen LogP contribution in [0.2, 0.25) is 0 Å². The summed E-state index contributed by atoms with van der Waals surface area (Å²) in [5.74, 6) is 7.35. The number of aliphatic hydroxyl groups excluding tert-OH is 1. The molecular formula is C42H32N2O2S. The van der Waals surface area contributed by atoms with Crippen molar-refractivity contribution < 1.29 is 9.84 Å². The lowest BCUT2D eigenvalue weighted by Crippen LogP contribution is -1.97. The van der Waals surface area contributed by atoms with E-state index in [9.17, 15) is 5.11 Å². The van der Waals surface area contributed by atoms with E-state index in [1.165, 1.54) is 0 Å². The summed E-state index contributed by atoms with van der Waals surface area (Å²) in [5, 5.41) is 10.4. The summed E-state index contributed by atoms with van der Waals surface area (Å²) in [6.45, 7) is -0.109. The molecule has 6 aromatic rings. The molecule has 47 heavy (non-hydrogen) atoms. The fraction of sp³-hybridized carbons (Fsp3) is 0.0476. The first-order valence-corrected chi connectivity index (χ1v) is 16.0. The predicted molar refractivity (Wildman–Crippen MR) is 194 cm³/mol. The largest absolute Gasteiger partial charge is 0.496 e. The van der Waals surface area contributed by atoms with Crippen molar-refractivity contribution in [2.45, 2.75) is 16.4 Å². The van der Waals surface area contributed by atoms with Crippen LogP contribution in [0.15, 0.2) is 178 Å². The Bertz CT molecular complexity index is 1930. The number of rotatable bonds is 10. The third-order valence-electron chi connectivity index (χ3n) is 7.43. The van der Waals surface area contributed by atoms with Gasteiger partial charge in [-0.15, -0.1) is 0 Å². The number of benzene rings is 6. The topological polar surface area (TPSA) is 54.2 Å². The zero-order valence-corrected chi connectivity index (χ0v) is 26.7. The van der Waals surface area contributed by atoms with Gasteiger partial charge in [0.1, 0.15) is 5.75 Å². The van der Waals surface area contributed by atoms with E-state index in [1.54, 1.807) is 18.9 Å². The third kappa shape index (κ3) is 7.95. The van der Waals surface area contributed by atoms with E-state index in [2.05, 4.69) is 46.0 Å². The molecule has 0 saturated carbocycles. The molecule has 5 heteroatoms. The Hall–Kier alpha value is -5.67. The zero-order chi connectivity index (χ0) is 32.3. The maximum Gasteiger partial charge on any atom is 0.127 e. The Balaban J connectivity index is 1.43. The number of hydrogen-bond donors (Lipinski definition) is 1. The van der Waals surface area contributed by atoms with Crippen LogP contribution in [0, 0.1) is 0 Å². The van der Waals surface area contributed by atoms with Gasteiger partial charge in [-0.3, -0.25) is 0 Å². The smallest absolute Gasteiger partial charge is 0.127 e. The molecular weight excluding hydrogens is 597 g/mol. The zero-order valence-electron chi connectivity index (χ0n) is 25.9. The van der Waals surface area contributed by atoms with Crippen LogP contribution >= 0.6 is 11.8 Å². The Kier molecular flexibility index (Phi) is 10.4. The van der Waals surface area contributed by atoms with Gasteiger partial charge < -0.3 is 9.84 Å². The summed E-state index contributed by atoms with van der Waals surface area (Å²) in [5.41, 5.74) is 7.77. The third-order valence-corrected chi connectivity index (χ3v) is 8.41. The second-order valence-electron chi connectivity index (χ2n) is 10.5. The summed E-state index contributed by atoms with van der Waals surface area (Å²) in [4.78, 5) is 11.4. The highest BCUT2D eigenvalue weighted by Crippen LogP contribution is 2.38. The van der Waals surface area contributed by atoms with E-state index in [4.69, 9.17) is 4.74 Å². The van der Waals surface area contributed by atoms with Gasteiger partial charge in [-0.05, 0) is 88.6 Å². The van der Waals surface area contributed by atoms with Crippen LogP contribution in [0.4, 0.5) is 11.4 Å². The van der Waals surface area contributed by atoms with Gasteiger partial charge in [-0.1, -0.05) is 115 Å². The maximum absolute atomic E-state index is 10.4. The van der Waals surface area contributed by atoms with E-state index in [1.807, 2.05) is 133 Å². The monoisotopic (exact) mass is 628 g/mol. The molecule has 4 nitrogen and oxygen atoms in total. The van der Waals surface area contributed by atoms with Gasteiger partial charge in [0, 0.05) is 15.4 Å². The van der Waals surface area contributed by atoms with E-state index in [0.717, 1.165) is 65.9 Å². The van der Waals surface area contributed by atoms with Crippen molar-refractivity contribution >= 4 is 46.0 Å². The molecule has 0 heterocycles. The summed E-state index contributed by atoms with van der Waals surface area (Å²) in [7, 11) is 1.68. The summed E-state index contributed by atoms with van der Waals surface area (Å²) in [6, 6.07) is 52.0. The fourth-order valence-electron chi connectivity index (χ4n) is 5.09. The molecule has 0 unspecified atom stereocenters. The number of para-hydroxylation sites is 2. The lowest BCUT2D eigenvalue weighted by atomic mass is 9.95. The van der Waals surface area contributed by atoms with Gasteiger partial charge in [0.05, 0.1) is 36.2 Å². The standard InChI is InChI=1S/C42H32N2O2S/c1-46-42-25-24-37(27-39(42)41(32-16-8-3-9-17-32)29-44-35-20-12-5-13-21-35)47-36-23-22-33(30-45)38(26-36)40(31-14-6-2-7-15-31)28-43-34-18-10-4-11-19-34/h2-27,45H,30H2,1H3. The van der Waals surface area contributed by atoms with Crippen molar-refractivity contribution in [1.82, 2.24) is 0 Å². The Labute approximate surface area is 279 Å². The average Bonchev–Trinajstić information content (AvgIpc) is 3.14. The summed E-state index contributed by atoms with van der Waals surface area (Å²) < 4.78 is 5.84. The molecule has 6 aromatic carbocycles. The van der Waals surface area contributed by atoms with Crippen molar-refractivity contribution in [1.29, 1.82) is 0 Å². The van der Waals surface area contributed by atoms with Gasteiger partial charge in [0.15, 0.2) is 0 Å². The molecule has 0 saturated heterocycles. The van der Waals surface area contributed by atoms with Gasteiger partial charge in [-0.25, -0.2) is 9.98 Å². The first-order valence-electron chi connectivity index (χ1n) is 15.2. The molecule has 0 aromatic heterocycles. The van der Waals surface area contributed by atoms with Crippen LogP contribution in [0.1, 0.15) is 27.8 Å².